The zero-order valence-electron chi connectivity index (χ0n) is 13.8. The van der Waals surface area contributed by atoms with Crippen molar-refractivity contribution >= 4 is 17.4 Å². The summed E-state index contributed by atoms with van der Waals surface area (Å²) in [7, 11) is 2.84. The van der Waals surface area contributed by atoms with Crippen molar-refractivity contribution in [3.63, 3.8) is 0 Å². The predicted octanol–water partition coefficient (Wildman–Crippen LogP) is 2.27. The van der Waals surface area contributed by atoms with Crippen LogP contribution in [0.4, 0.5) is 5.69 Å². The Bertz CT molecular complexity index is 724. The van der Waals surface area contributed by atoms with E-state index in [0.717, 1.165) is 12.0 Å². The number of aryl methyl sites for hydroxylation is 1. The monoisotopic (exact) mass is 329 g/mol. The molecule has 1 aromatic heterocycles. The molecule has 24 heavy (non-hydrogen) atoms. The van der Waals surface area contributed by atoms with Gasteiger partial charge in [0.2, 0.25) is 29.3 Å². The number of ketones is 1. The van der Waals surface area contributed by atoms with Crippen LogP contribution in [0.3, 0.4) is 0 Å². The minimum atomic E-state index is -0.515. The van der Waals surface area contributed by atoms with E-state index < -0.39 is 11.7 Å². The average Bonchev–Trinajstić information content (AvgIpc) is 2.61. The highest BCUT2D eigenvalue weighted by atomic mass is 16.5. The van der Waals surface area contributed by atoms with Gasteiger partial charge in [-0.2, -0.15) is 9.97 Å². The largest absolute Gasteiger partial charge is 0.481 e. The molecule has 1 amide bonds. The number of hydrogen-bond donors (Lipinski definition) is 1. The molecule has 1 heterocycles. The molecule has 2 aromatic rings. The number of benzene rings is 1. The van der Waals surface area contributed by atoms with E-state index in [4.69, 9.17) is 9.47 Å². The SMILES string of the molecule is CCc1ccccc1NC(=O)CC(=O)c1nc(OC)cc(OC)n1. The number of carbonyl (C=O) groups excluding carboxylic acids is 2. The van der Waals surface area contributed by atoms with Crippen molar-refractivity contribution in [1.82, 2.24) is 9.97 Å². The first-order valence-electron chi connectivity index (χ1n) is 7.45. The van der Waals surface area contributed by atoms with Crippen molar-refractivity contribution in [2.75, 3.05) is 19.5 Å². The smallest absolute Gasteiger partial charge is 0.232 e. The van der Waals surface area contributed by atoms with E-state index >= 15 is 0 Å². The third-order valence-electron chi connectivity index (χ3n) is 3.34. The van der Waals surface area contributed by atoms with E-state index in [1.54, 1.807) is 6.07 Å². The number of rotatable bonds is 7. The lowest BCUT2D eigenvalue weighted by Crippen LogP contribution is -2.19. The highest BCUT2D eigenvalue weighted by Gasteiger charge is 2.18. The van der Waals surface area contributed by atoms with Crippen molar-refractivity contribution in [1.29, 1.82) is 0 Å². The molecule has 0 saturated carbocycles. The lowest BCUT2D eigenvalue weighted by Gasteiger charge is -2.09. The van der Waals surface area contributed by atoms with Gasteiger partial charge >= 0.3 is 0 Å². The first-order chi connectivity index (χ1) is 11.6. The Hall–Kier alpha value is -2.96. The molecule has 0 bridgehead atoms. The molecule has 2 rings (SSSR count). The van der Waals surface area contributed by atoms with Crippen molar-refractivity contribution in [3.05, 3.63) is 41.7 Å². The van der Waals surface area contributed by atoms with Crippen LogP contribution in [0, 0.1) is 0 Å². The Morgan fingerprint density at radius 3 is 2.29 bits per heavy atom. The molecule has 1 aromatic carbocycles. The maximum absolute atomic E-state index is 12.2. The summed E-state index contributed by atoms with van der Waals surface area (Å²) in [5.41, 5.74) is 1.69. The second kappa shape index (κ2) is 8.05. The van der Waals surface area contributed by atoms with Gasteiger partial charge in [0.1, 0.15) is 0 Å². The average molecular weight is 329 g/mol. The maximum atomic E-state index is 12.2. The normalized spacial score (nSPS) is 10.1. The van der Waals surface area contributed by atoms with Gasteiger partial charge in [0, 0.05) is 5.69 Å². The second-order valence-electron chi connectivity index (χ2n) is 4.94. The van der Waals surface area contributed by atoms with Crippen molar-refractivity contribution in [3.8, 4) is 11.8 Å². The fourth-order valence-corrected chi connectivity index (χ4v) is 2.11. The molecule has 0 aliphatic heterocycles. The number of anilines is 1. The molecule has 0 fully saturated rings. The van der Waals surface area contributed by atoms with Gasteiger partial charge < -0.3 is 14.8 Å². The number of methoxy groups -OCH3 is 2. The van der Waals surface area contributed by atoms with E-state index in [2.05, 4.69) is 15.3 Å². The molecule has 7 nitrogen and oxygen atoms in total. The molecule has 7 heteroatoms. The van der Waals surface area contributed by atoms with Crippen LogP contribution in [0.1, 0.15) is 29.5 Å². The molecule has 0 unspecified atom stereocenters. The third-order valence-corrected chi connectivity index (χ3v) is 3.34. The van der Waals surface area contributed by atoms with E-state index in [0.29, 0.717) is 5.69 Å². The number of amides is 1. The molecule has 0 saturated heterocycles. The molecule has 0 radical (unpaired) electrons. The molecule has 0 spiro atoms. The third kappa shape index (κ3) is 4.28. The number of nitrogens with one attached hydrogen (secondary N) is 1. The second-order valence-corrected chi connectivity index (χ2v) is 4.94. The van der Waals surface area contributed by atoms with Crippen LogP contribution in [0.15, 0.2) is 30.3 Å². The van der Waals surface area contributed by atoms with Crippen LogP contribution in [0.2, 0.25) is 0 Å². The van der Waals surface area contributed by atoms with E-state index in [1.807, 2.05) is 25.1 Å². The molecule has 126 valence electrons. The molecule has 0 atom stereocenters. The van der Waals surface area contributed by atoms with E-state index in [9.17, 15) is 9.59 Å². The van der Waals surface area contributed by atoms with Crippen LogP contribution in [-0.4, -0.2) is 35.9 Å². The summed E-state index contributed by atoms with van der Waals surface area (Å²) in [5, 5.41) is 2.74. The molecule has 0 aliphatic carbocycles. The van der Waals surface area contributed by atoms with Gasteiger partial charge in [0.25, 0.3) is 0 Å². The number of carbonyl (C=O) groups is 2. The number of aromatic nitrogens is 2. The zero-order valence-corrected chi connectivity index (χ0v) is 13.8. The lowest BCUT2D eigenvalue weighted by atomic mass is 10.1. The lowest BCUT2D eigenvalue weighted by molar-refractivity contribution is -0.115. The summed E-state index contributed by atoms with van der Waals surface area (Å²) >= 11 is 0. The Balaban J connectivity index is 2.10. The van der Waals surface area contributed by atoms with Crippen LogP contribution >= 0.6 is 0 Å². The predicted molar refractivity (Wildman–Crippen MR) is 88.5 cm³/mol. The minimum Gasteiger partial charge on any atom is -0.481 e. The summed E-state index contributed by atoms with van der Waals surface area (Å²) in [6, 6.07) is 8.90. The fourth-order valence-electron chi connectivity index (χ4n) is 2.11. The van der Waals surface area contributed by atoms with Gasteiger partial charge in [-0.05, 0) is 18.1 Å². The summed E-state index contributed by atoms with van der Waals surface area (Å²) in [4.78, 5) is 32.3. The molecular formula is C17H19N3O4. The first kappa shape index (κ1) is 17.4. The molecule has 1 N–H and O–H groups in total. The number of hydrogen-bond acceptors (Lipinski definition) is 6. The Kier molecular flexibility index (Phi) is 5.83. The van der Waals surface area contributed by atoms with Crippen LogP contribution < -0.4 is 14.8 Å². The van der Waals surface area contributed by atoms with Crippen LogP contribution in [-0.2, 0) is 11.2 Å². The highest BCUT2D eigenvalue weighted by molar-refractivity contribution is 6.09. The first-order valence-corrected chi connectivity index (χ1v) is 7.45. The number of Topliss-reactive ketones (excluding diaryl/α,β-unsaturated/α-hetero) is 1. The van der Waals surface area contributed by atoms with Gasteiger partial charge in [-0.25, -0.2) is 0 Å². The van der Waals surface area contributed by atoms with Crippen molar-refractivity contribution in [2.24, 2.45) is 0 Å². The summed E-state index contributed by atoms with van der Waals surface area (Å²) in [5.74, 6) is -0.668. The zero-order chi connectivity index (χ0) is 17.5. The van der Waals surface area contributed by atoms with Crippen LogP contribution in [0.5, 0.6) is 11.8 Å². The molecular weight excluding hydrogens is 310 g/mol. The molecule has 0 aliphatic rings. The Morgan fingerprint density at radius 2 is 1.71 bits per heavy atom. The summed E-state index contributed by atoms with van der Waals surface area (Å²) in [6.45, 7) is 1.99. The van der Waals surface area contributed by atoms with Crippen molar-refractivity contribution < 1.29 is 19.1 Å². The standard InChI is InChI=1S/C17H19N3O4/c1-4-11-7-5-6-8-12(11)18-14(22)9-13(21)17-19-15(23-2)10-16(20-17)24-3/h5-8,10H,4,9H2,1-3H3,(H,18,22). The summed E-state index contributed by atoms with van der Waals surface area (Å²) in [6.07, 6.45) is 0.412. The maximum Gasteiger partial charge on any atom is 0.232 e. The van der Waals surface area contributed by atoms with E-state index in [1.165, 1.54) is 20.3 Å². The minimum absolute atomic E-state index is 0.120. The highest BCUT2D eigenvalue weighted by Crippen LogP contribution is 2.17. The van der Waals surface area contributed by atoms with E-state index in [-0.39, 0.29) is 24.0 Å². The van der Waals surface area contributed by atoms with Gasteiger partial charge in [-0.1, -0.05) is 25.1 Å². The Labute approximate surface area is 140 Å². The van der Waals surface area contributed by atoms with Gasteiger partial charge in [0.05, 0.1) is 26.7 Å². The number of nitrogens with zero attached hydrogens (tertiary/aromatic N) is 2. The van der Waals surface area contributed by atoms with Crippen LogP contribution in [0.25, 0.3) is 0 Å². The van der Waals surface area contributed by atoms with Crippen molar-refractivity contribution in [2.45, 2.75) is 19.8 Å². The van der Waals surface area contributed by atoms with Gasteiger partial charge in [0.15, 0.2) is 0 Å². The fraction of sp³-hybridized carbons (Fsp3) is 0.294. The quantitative estimate of drug-likeness (QED) is 0.619. The topological polar surface area (TPSA) is 90.4 Å². The number of para-hydroxylation sites is 1. The number of ether oxygens (including phenoxy) is 2. The van der Waals surface area contributed by atoms with Gasteiger partial charge in [-0.15, -0.1) is 0 Å². The summed E-state index contributed by atoms with van der Waals surface area (Å²) < 4.78 is 9.99. The van der Waals surface area contributed by atoms with Gasteiger partial charge in [-0.3, -0.25) is 9.59 Å². The Morgan fingerprint density at radius 1 is 1.08 bits per heavy atom.